The summed E-state index contributed by atoms with van der Waals surface area (Å²) in [5.74, 6) is -0.0314. The highest BCUT2D eigenvalue weighted by Crippen LogP contribution is 2.01. The summed E-state index contributed by atoms with van der Waals surface area (Å²) in [6.07, 6.45) is 1.31. The molecule has 0 spiro atoms. The molecule has 0 saturated carbocycles. The van der Waals surface area contributed by atoms with Crippen LogP contribution in [-0.2, 0) is 9.53 Å². The van der Waals surface area contributed by atoms with Gasteiger partial charge in [0, 0.05) is 26.1 Å². The number of nitrogens with zero attached hydrogens (tertiary/aromatic N) is 2. The summed E-state index contributed by atoms with van der Waals surface area (Å²) in [7, 11) is 1.70. The van der Waals surface area contributed by atoms with E-state index in [4.69, 9.17) is 15.7 Å². The number of hydrogen-bond donors (Lipinski definition) is 2. The van der Waals surface area contributed by atoms with Gasteiger partial charge in [-0.15, -0.1) is 0 Å². The van der Waals surface area contributed by atoms with E-state index in [-0.39, 0.29) is 17.7 Å². The van der Waals surface area contributed by atoms with Crippen LogP contribution in [0.4, 0.5) is 0 Å². The molecular weight excluding hydrogens is 222 g/mol. The van der Waals surface area contributed by atoms with E-state index in [1.807, 2.05) is 6.92 Å². The predicted octanol–water partition coefficient (Wildman–Crippen LogP) is 0.644. The molecule has 0 aliphatic carbocycles. The summed E-state index contributed by atoms with van der Waals surface area (Å²) < 4.78 is 5.24. The van der Waals surface area contributed by atoms with E-state index in [1.54, 1.807) is 18.9 Å². The molecule has 0 radical (unpaired) electrons. The van der Waals surface area contributed by atoms with Crippen LogP contribution >= 0.6 is 0 Å². The van der Waals surface area contributed by atoms with E-state index in [9.17, 15) is 4.79 Å². The third-order valence-corrected chi connectivity index (χ3v) is 2.40. The van der Waals surface area contributed by atoms with Gasteiger partial charge in [-0.1, -0.05) is 19.0 Å². The molecule has 1 amide bonds. The van der Waals surface area contributed by atoms with E-state index in [0.29, 0.717) is 26.2 Å². The molecule has 0 aliphatic heterocycles. The molecule has 0 bridgehead atoms. The van der Waals surface area contributed by atoms with Gasteiger partial charge in [0.05, 0.1) is 13.0 Å². The standard InChI is InChI=1S/C11H23N3O3/c1-4-6-17-7-5-10(15)14(3)8-9(2)11(12)13-16/h9,16H,4-8H2,1-3H3,(H2,12,13). The summed E-state index contributed by atoms with van der Waals surface area (Å²) in [5.41, 5.74) is 5.44. The second-order valence-corrected chi connectivity index (χ2v) is 4.06. The highest BCUT2D eigenvalue weighted by molar-refractivity contribution is 5.83. The minimum atomic E-state index is -0.162. The molecule has 0 rings (SSSR count). The molecule has 0 heterocycles. The predicted molar refractivity (Wildman–Crippen MR) is 65.9 cm³/mol. The van der Waals surface area contributed by atoms with Crippen LogP contribution in [0, 0.1) is 5.92 Å². The second-order valence-electron chi connectivity index (χ2n) is 4.06. The lowest BCUT2D eigenvalue weighted by molar-refractivity contribution is -0.131. The Labute approximate surface area is 102 Å². The molecule has 0 aromatic rings. The normalized spacial score (nSPS) is 13.5. The van der Waals surface area contributed by atoms with Crippen LogP contribution in [0.3, 0.4) is 0 Å². The third kappa shape index (κ3) is 6.78. The second kappa shape index (κ2) is 8.81. The monoisotopic (exact) mass is 245 g/mol. The zero-order chi connectivity index (χ0) is 13.3. The van der Waals surface area contributed by atoms with Gasteiger partial charge in [-0.05, 0) is 6.42 Å². The van der Waals surface area contributed by atoms with E-state index in [0.717, 1.165) is 6.42 Å². The Hall–Kier alpha value is -1.30. The van der Waals surface area contributed by atoms with Gasteiger partial charge in [0.1, 0.15) is 5.84 Å². The average Bonchev–Trinajstić information content (AvgIpc) is 2.32. The van der Waals surface area contributed by atoms with Crippen molar-refractivity contribution in [3.05, 3.63) is 0 Å². The Morgan fingerprint density at radius 1 is 1.53 bits per heavy atom. The molecule has 6 nitrogen and oxygen atoms in total. The third-order valence-electron chi connectivity index (χ3n) is 2.40. The zero-order valence-corrected chi connectivity index (χ0v) is 10.8. The van der Waals surface area contributed by atoms with E-state index in [1.165, 1.54) is 0 Å². The lowest BCUT2D eigenvalue weighted by Gasteiger charge is -2.20. The van der Waals surface area contributed by atoms with Gasteiger partial charge in [-0.25, -0.2) is 0 Å². The number of carbonyl (C=O) groups excluding carboxylic acids is 1. The first kappa shape index (κ1) is 15.7. The largest absolute Gasteiger partial charge is 0.409 e. The van der Waals surface area contributed by atoms with Gasteiger partial charge in [-0.3, -0.25) is 4.79 Å². The van der Waals surface area contributed by atoms with Crippen molar-refractivity contribution in [1.82, 2.24) is 4.90 Å². The van der Waals surface area contributed by atoms with Crippen molar-refractivity contribution in [2.24, 2.45) is 16.8 Å². The van der Waals surface area contributed by atoms with Gasteiger partial charge >= 0.3 is 0 Å². The highest BCUT2D eigenvalue weighted by Gasteiger charge is 2.14. The molecule has 0 aromatic carbocycles. The molecule has 3 N–H and O–H groups in total. The first-order valence-electron chi connectivity index (χ1n) is 5.82. The smallest absolute Gasteiger partial charge is 0.224 e. The van der Waals surface area contributed by atoms with Gasteiger partial charge < -0.3 is 20.6 Å². The van der Waals surface area contributed by atoms with Crippen LogP contribution in [-0.4, -0.2) is 48.7 Å². The van der Waals surface area contributed by atoms with Crippen LogP contribution in [0.15, 0.2) is 5.16 Å². The van der Waals surface area contributed by atoms with Gasteiger partial charge in [0.2, 0.25) is 5.91 Å². The summed E-state index contributed by atoms with van der Waals surface area (Å²) >= 11 is 0. The lowest BCUT2D eigenvalue weighted by Crippen LogP contribution is -2.36. The minimum absolute atomic E-state index is 0.00121. The molecule has 100 valence electrons. The van der Waals surface area contributed by atoms with E-state index >= 15 is 0 Å². The Morgan fingerprint density at radius 2 is 2.18 bits per heavy atom. The number of hydrogen-bond acceptors (Lipinski definition) is 4. The molecule has 0 saturated heterocycles. The van der Waals surface area contributed by atoms with Crippen molar-refractivity contribution < 1.29 is 14.7 Å². The SMILES string of the molecule is CCCOCCC(=O)N(C)CC(C)C(N)=NO. The Bertz CT molecular complexity index is 256. The number of amidine groups is 1. The Morgan fingerprint density at radius 3 is 2.71 bits per heavy atom. The first-order valence-corrected chi connectivity index (χ1v) is 5.82. The van der Waals surface area contributed by atoms with Crippen molar-refractivity contribution >= 4 is 11.7 Å². The van der Waals surface area contributed by atoms with Crippen molar-refractivity contribution in [2.45, 2.75) is 26.7 Å². The highest BCUT2D eigenvalue weighted by atomic mass is 16.5. The minimum Gasteiger partial charge on any atom is -0.409 e. The topological polar surface area (TPSA) is 88.2 Å². The Balaban J connectivity index is 3.89. The van der Waals surface area contributed by atoms with Crippen LogP contribution in [0.25, 0.3) is 0 Å². The summed E-state index contributed by atoms with van der Waals surface area (Å²) in [5, 5.41) is 11.4. The van der Waals surface area contributed by atoms with Crippen LogP contribution in [0.1, 0.15) is 26.7 Å². The maximum Gasteiger partial charge on any atom is 0.224 e. The quantitative estimate of drug-likeness (QED) is 0.216. The van der Waals surface area contributed by atoms with E-state index < -0.39 is 0 Å². The average molecular weight is 245 g/mol. The Kier molecular flexibility index (Phi) is 8.13. The number of rotatable bonds is 8. The fourth-order valence-electron chi connectivity index (χ4n) is 1.30. The fraction of sp³-hybridized carbons (Fsp3) is 0.818. The molecule has 1 atom stereocenters. The molecule has 0 fully saturated rings. The number of ether oxygens (including phenoxy) is 1. The molecule has 17 heavy (non-hydrogen) atoms. The van der Waals surface area contributed by atoms with E-state index in [2.05, 4.69) is 5.16 Å². The number of carbonyl (C=O) groups is 1. The maximum absolute atomic E-state index is 11.7. The number of nitrogens with two attached hydrogens (primary N) is 1. The van der Waals surface area contributed by atoms with Crippen LogP contribution < -0.4 is 5.73 Å². The summed E-state index contributed by atoms with van der Waals surface area (Å²) in [6, 6.07) is 0. The summed E-state index contributed by atoms with van der Waals surface area (Å²) in [6.45, 7) is 5.37. The maximum atomic E-state index is 11.7. The summed E-state index contributed by atoms with van der Waals surface area (Å²) in [4.78, 5) is 13.2. The van der Waals surface area contributed by atoms with Crippen molar-refractivity contribution in [3.8, 4) is 0 Å². The fourth-order valence-corrected chi connectivity index (χ4v) is 1.30. The molecule has 6 heteroatoms. The molecule has 0 aliphatic rings. The van der Waals surface area contributed by atoms with Gasteiger partial charge in [0.15, 0.2) is 0 Å². The van der Waals surface area contributed by atoms with Crippen LogP contribution in [0.5, 0.6) is 0 Å². The van der Waals surface area contributed by atoms with Crippen LogP contribution in [0.2, 0.25) is 0 Å². The molecular formula is C11H23N3O3. The van der Waals surface area contributed by atoms with Gasteiger partial charge in [-0.2, -0.15) is 0 Å². The lowest BCUT2D eigenvalue weighted by atomic mass is 10.1. The zero-order valence-electron chi connectivity index (χ0n) is 10.8. The molecule has 1 unspecified atom stereocenters. The first-order chi connectivity index (χ1) is 8.02. The van der Waals surface area contributed by atoms with Gasteiger partial charge in [0.25, 0.3) is 0 Å². The number of amides is 1. The molecule has 0 aromatic heterocycles. The number of oxime groups is 1. The van der Waals surface area contributed by atoms with Crippen molar-refractivity contribution in [1.29, 1.82) is 0 Å². The van der Waals surface area contributed by atoms with Crippen molar-refractivity contribution in [2.75, 3.05) is 26.8 Å². The van der Waals surface area contributed by atoms with Crippen molar-refractivity contribution in [3.63, 3.8) is 0 Å².